The lowest BCUT2D eigenvalue weighted by molar-refractivity contribution is -0.143. The molecular weight excluding hydrogens is 462 g/mol. The van der Waals surface area contributed by atoms with E-state index >= 15 is 0 Å². The fourth-order valence-electron chi connectivity index (χ4n) is 3.43. The normalized spacial score (nSPS) is 11.6. The molecule has 0 aliphatic rings. The van der Waals surface area contributed by atoms with Gasteiger partial charge in [-0.2, -0.15) is 0 Å². The lowest BCUT2D eigenvalue weighted by atomic mass is 9.97. The number of carbonyl (C=O) groups excluding carboxylic acids is 4. The van der Waals surface area contributed by atoms with E-state index in [1.54, 1.807) is 52.0 Å². The van der Waals surface area contributed by atoms with E-state index in [4.69, 9.17) is 15.9 Å². The highest BCUT2D eigenvalue weighted by molar-refractivity contribution is 5.91. The Bertz CT molecular complexity index is 932. The largest absolute Gasteiger partial charge is 0.466 e. The molecule has 0 aliphatic carbocycles. The van der Waals surface area contributed by atoms with Crippen LogP contribution in [0.15, 0.2) is 24.3 Å². The van der Waals surface area contributed by atoms with E-state index in [0.29, 0.717) is 17.5 Å². The summed E-state index contributed by atoms with van der Waals surface area (Å²) in [6.07, 6.45) is 7.37. The number of amides is 3. The zero-order valence-corrected chi connectivity index (χ0v) is 22.0. The number of esters is 1. The Balaban J connectivity index is 3.23. The van der Waals surface area contributed by atoms with Crippen LogP contribution in [0.5, 0.6) is 0 Å². The van der Waals surface area contributed by atoms with Crippen LogP contribution in [0.4, 0.5) is 4.79 Å². The summed E-state index contributed by atoms with van der Waals surface area (Å²) in [5, 5.41) is 5.20. The molecule has 0 spiro atoms. The van der Waals surface area contributed by atoms with Crippen molar-refractivity contribution in [3.05, 3.63) is 35.4 Å². The van der Waals surface area contributed by atoms with Gasteiger partial charge in [-0.3, -0.25) is 14.4 Å². The zero-order chi connectivity index (χ0) is 27.1. The number of terminal acetylenes is 1. The van der Waals surface area contributed by atoms with Gasteiger partial charge in [-0.05, 0) is 45.7 Å². The molecule has 0 saturated carbocycles. The molecule has 0 fully saturated rings. The Morgan fingerprint density at radius 3 is 2.39 bits per heavy atom. The first-order chi connectivity index (χ1) is 17.0. The van der Waals surface area contributed by atoms with Crippen LogP contribution in [0, 0.1) is 12.3 Å². The third-order valence-electron chi connectivity index (χ3n) is 5.01. The number of rotatable bonds is 13. The summed E-state index contributed by atoms with van der Waals surface area (Å²) in [7, 11) is 0. The average molecular weight is 502 g/mol. The molecule has 9 heteroatoms. The second-order valence-corrected chi connectivity index (χ2v) is 9.13. The van der Waals surface area contributed by atoms with Crippen LogP contribution >= 0.6 is 0 Å². The lowest BCUT2D eigenvalue weighted by Gasteiger charge is -2.32. The van der Waals surface area contributed by atoms with Gasteiger partial charge in [-0.1, -0.05) is 43.9 Å². The minimum Gasteiger partial charge on any atom is -0.466 e. The summed E-state index contributed by atoms with van der Waals surface area (Å²) in [4.78, 5) is 52.0. The summed E-state index contributed by atoms with van der Waals surface area (Å²) < 4.78 is 10.1. The molecule has 3 amide bonds. The fraction of sp³-hybridized carbons (Fsp3) is 0.556. The number of alkyl carbamates (subject to hydrolysis) is 1. The van der Waals surface area contributed by atoms with Crippen LogP contribution in [0.3, 0.4) is 0 Å². The first-order valence-electron chi connectivity index (χ1n) is 12.3. The first kappa shape index (κ1) is 30.5. The molecule has 1 aromatic rings. The summed E-state index contributed by atoms with van der Waals surface area (Å²) in [5.41, 5.74) is 0.230. The number of hydrogen-bond donors (Lipinski definition) is 2. The fourth-order valence-corrected chi connectivity index (χ4v) is 3.43. The third-order valence-corrected chi connectivity index (χ3v) is 5.01. The number of nitrogens with zero attached hydrogens (tertiary/aromatic N) is 1. The van der Waals surface area contributed by atoms with Crippen LogP contribution in [0.1, 0.15) is 77.5 Å². The number of hydrogen-bond acceptors (Lipinski definition) is 6. The van der Waals surface area contributed by atoms with Crippen molar-refractivity contribution in [1.82, 2.24) is 15.5 Å². The van der Waals surface area contributed by atoms with E-state index < -0.39 is 35.5 Å². The predicted molar refractivity (Wildman–Crippen MR) is 137 cm³/mol. The van der Waals surface area contributed by atoms with Gasteiger partial charge in [-0.25, -0.2) is 4.79 Å². The molecule has 2 N–H and O–H groups in total. The maximum absolute atomic E-state index is 13.4. The van der Waals surface area contributed by atoms with E-state index in [0.717, 1.165) is 12.8 Å². The topological polar surface area (TPSA) is 114 Å². The van der Waals surface area contributed by atoms with Gasteiger partial charge in [0.1, 0.15) is 18.2 Å². The smallest absolute Gasteiger partial charge is 0.408 e. The van der Waals surface area contributed by atoms with Gasteiger partial charge >= 0.3 is 12.1 Å². The lowest BCUT2D eigenvalue weighted by Crippen LogP contribution is -2.48. The maximum atomic E-state index is 13.4. The minimum atomic E-state index is -1.05. The zero-order valence-electron chi connectivity index (χ0n) is 22.0. The van der Waals surface area contributed by atoms with Gasteiger partial charge in [0.25, 0.3) is 0 Å². The molecule has 9 nitrogen and oxygen atoms in total. The van der Waals surface area contributed by atoms with E-state index in [-0.39, 0.29) is 32.7 Å². The standard InChI is InChI=1S/C27H39N3O6/c1-7-10-13-18-30(22(31)19-29-26(34)36-27(4,5)6)24(21-15-12-11-14-20(21)8-2)25(33)28-17-16-23(32)35-9-3/h2,11-12,14-15,24H,7,9-10,13,16-19H2,1,3-6H3,(H,28,33)(H,29,34). The summed E-state index contributed by atoms with van der Waals surface area (Å²) in [6, 6.07) is 5.84. The molecule has 198 valence electrons. The number of carbonyl (C=O) groups is 4. The van der Waals surface area contributed by atoms with Gasteiger partial charge in [-0.15, -0.1) is 6.42 Å². The van der Waals surface area contributed by atoms with Crippen LogP contribution in [0.25, 0.3) is 0 Å². The molecule has 1 aromatic carbocycles. The highest BCUT2D eigenvalue weighted by Crippen LogP contribution is 2.25. The highest BCUT2D eigenvalue weighted by Gasteiger charge is 2.33. The molecule has 0 aliphatic heterocycles. The number of ether oxygens (including phenoxy) is 2. The molecule has 0 aromatic heterocycles. The minimum absolute atomic E-state index is 0.00688. The van der Waals surface area contributed by atoms with Gasteiger partial charge in [0.05, 0.1) is 13.0 Å². The van der Waals surface area contributed by atoms with E-state index in [9.17, 15) is 19.2 Å². The monoisotopic (exact) mass is 501 g/mol. The van der Waals surface area contributed by atoms with Crippen molar-refractivity contribution in [3.8, 4) is 12.3 Å². The number of nitrogens with one attached hydrogen (secondary N) is 2. The summed E-state index contributed by atoms with van der Waals surface area (Å²) in [6.45, 7) is 9.10. The summed E-state index contributed by atoms with van der Waals surface area (Å²) in [5.74, 6) is 1.20. The van der Waals surface area contributed by atoms with Crippen LogP contribution < -0.4 is 10.6 Å². The van der Waals surface area contributed by atoms with Crippen molar-refractivity contribution < 1.29 is 28.7 Å². The number of unbranched alkanes of at least 4 members (excludes halogenated alkanes) is 2. The molecule has 0 heterocycles. The van der Waals surface area contributed by atoms with E-state index in [2.05, 4.69) is 16.6 Å². The molecule has 1 unspecified atom stereocenters. The molecule has 0 saturated heterocycles. The second kappa shape index (κ2) is 15.5. The van der Waals surface area contributed by atoms with E-state index in [1.807, 2.05) is 6.92 Å². The Hall–Kier alpha value is -3.54. The van der Waals surface area contributed by atoms with Gasteiger partial charge < -0.3 is 25.0 Å². The van der Waals surface area contributed by atoms with Gasteiger partial charge in [0.15, 0.2) is 0 Å². The second-order valence-electron chi connectivity index (χ2n) is 9.13. The van der Waals surface area contributed by atoms with Crippen molar-refractivity contribution in [2.45, 2.75) is 71.9 Å². The first-order valence-corrected chi connectivity index (χ1v) is 12.3. The molecule has 1 rings (SSSR count). The quantitative estimate of drug-likeness (QED) is 0.244. The van der Waals surface area contributed by atoms with Crippen molar-refractivity contribution >= 4 is 23.9 Å². The average Bonchev–Trinajstić information content (AvgIpc) is 2.81. The van der Waals surface area contributed by atoms with Crippen LogP contribution in [-0.4, -0.2) is 60.6 Å². The van der Waals surface area contributed by atoms with Crippen LogP contribution in [0.2, 0.25) is 0 Å². The Morgan fingerprint density at radius 1 is 1.08 bits per heavy atom. The molecule has 0 radical (unpaired) electrons. The Labute approximate surface area is 214 Å². The van der Waals surface area contributed by atoms with Crippen molar-refractivity contribution in [3.63, 3.8) is 0 Å². The SMILES string of the molecule is C#Cc1ccccc1C(C(=O)NCCC(=O)OCC)N(CCCCC)C(=O)CNC(=O)OC(C)(C)C. The molecular formula is C27H39N3O6. The van der Waals surface area contributed by atoms with E-state index in [1.165, 1.54) is 4.90 Å². The number of benzene rings is 1. The maximum Gasteiger partial charge on any atom is 0.408 e. The Kier molecular flexibility index (Phi) is 13.1. The van der Waals surface area contributed by atoms with Crippen molar-refractivity contribution in [2.24, 2.45) is 0 Å². The third kappa shape index (κ3) is 10.8. The molecule has 0 bridgehead atoms. The van der Waals surface area contributed by atoms with Crippen molar-refractivity contribution in [2.75, 3.05) is 26.2 Å². The van der Waals surface area contributed by atoms with Crippen LogP contribution in [-0.2, 0) is 23.9 Å². The van der Waals surface area contributed by atoms with Crippen molar-refractivity contribution in [1.29, 1.82) is 0 Å². The highest BCUT2D eigenvalue weighted by atomic mass is 16.6. The van der Waals surface area contributed by atoms with Gasteiger partial charge in [0.2, 0.25) is 11.8 Å². The molecule has 36 heavy (non-hydrogen) atoms. The summed E-state index contributed by atoms with van der Waals surface area (Å²) >= 11 is 0. The molecule has 1 atom stereocenters. The Morgan fingerprint density at radius 2 is 1.78 bits per heavy atom. The predicted octanol–water partition coefficient (Wildman–Crippen LogP) is 3.32. The van der Waals surface area contributed by atoms with Gasteiger partial charge in [0, 0.05) is 18.7 Å².